The lowest BCUT2D eigenvalue weighted by Gasteiger charge is -2.29. The number of aryl methyl sites for hydroxylation is 1. The highest BCUT2D eigenvalue weighted by Gasteiger charge is 2.22. The molecule has 0 saturated carbocycles. The van der Waals surface area contributed by atoms with Gasteiger partial charge < -0.3 is 4.90 Å². The van der Waals surface area contributed by atoms with Gasteiger partial charge in [0.1, 0.15) is 0 Å². The first-order valence-corrected chi connectivity index (χ1v) is 8.19. The zero-order chi connectivity index (χ0) is 15.8. The summed E-state index contributed by atoms with van der Waals surface area (Å²) in [6.45, 7) is 2.77. The number of anilines is 1. The molecule has 0 saturated heterocycles. The summed E-state index contributed by atoms with van der Waals surface area (Å²) < 4.78 is 0. The Hall–Kier alpha value is -2.61. The molecule has 114 valence electrons. The van der Waals surface area contributed by atoms with E-state index in [0.29, 0.717) is 6.42 Å². The number of rotatable bonds is 2. The molecule has 1 aliphatic rings. The summed E-state index contributed by atoms with van der Waals surface area (Å²) in [4.78, 5) is 14.0. The quantitative estimate of drug-likeness (QED) is 0.665. The van der Waals surface area contributed by atoms with Crippen LogP contribution in [0.25, 0.3) is 21.9 Å². The van der Waals surface area contributed by atoms with E-state index in [1.54, 1.807) is 0 Å². The fraction of sp³-hybridized carbons (Fsp3) is 0.190. The van der Waals surface area contributed by atoms with Gasteiger partial charge in [-0.1, -0.05) is 48.5 Å². The van der Waals surface area contributed by atoms with E-state index in [1.807, 2.05) is 11.8 Å². The molecule has 0 spiro atoms. The second-order valence-corrected chi connectivity index (χ2v) is 6.04. The van der Waals surface area contributed by atoms with Gasteiger partial charge in [0.15, 0.2) is 0 Å². The molecule has 0 aromatic heterocycles. The average molecular weight is 301 g/mol. The molecule has 0 N–H and O–H groups in total. The fourth-order valence-corrected chi connectivity index (χ4v) is 3.43. The van der Waals surface area contributed by atoms with Crippen LogP contribution < -0.4 is 4.90 Å². The van der Waals surface area contributed by atoms with Gasteiger partial charge in [0.25, 0.3) is 0 Å². The first-order valence-electron chi connectivity index (χ1n) is 8.19. The Balaban J connectivity index is 1.82. The van der Waals surface area contributed by atoms with Crippen molar-refractivity contribution in [3.05, 3.63) is 66.2 Å². The van der Waals surface area contributed by atoms with E-state index in [-0.39, 0.29) is 5.91 Å². The average Bonchev–Trinajstić information content (AvgIpc) is 2.61. The molecule has 0 fully saturated rings. The molecule has 3 aromatic carbocycles. The highest BCUT2D eigenvalue weighted by atomic mass is 16.2. The Morgan fingerprint density at radius 3 is 2.43 bits per heavy atom. The number of amides is 1. The molecule has 0 aliphatic carbocycles. The Bertz CT molecular complexity index is 897. The van der Waals surface area contributed by atoms with Crippen LogP contribution in [-0.4, -0.2) is 12.5 Å². The van der Waals surface area contributed by atoms with Crippen LogP contribution in [0.4, 0.5) is 5.69 Å². The second-order valence-electron chi connectivity index (χ2n) is 6.04. The van der Waals surface area contributed by atoms with Crippen LogP contribution in [0.15, 0.2) is 60.7 Å². The van der Waals surface area contributed by atoms with E-state index in [9.17, 15) is 4.79 Å². The van der Waals surface area contributed by atoms with E-state index >= 15 is 0 Å². The van der Waals surface area contributed by atoms with Crippen LogP contribution >= 0.6 is 0 Å². The number of hydrogen-bond donors (Lipinski definition) is 0. The zero-order valence-corrected chi connectivity index (χ0v) is 13.3. The largest absolute Gasteiger partial charge is 0.312 e. The van der Waals surface area contributed by atoms with Crippen LogP contribution in [-0.2, 0) is 11.2 Å². The summed E-state index contributed by atoms with van der Waals surface area (Å²) in [6, 6.07) is 21.4. The zero-order valence-electron chi connectivity index (χ0n) is 13.3. The molecule has 0 bridgehead atoms. The molecular weight excluding hydrogens is 282 g/mol. The predicted molar refractivity (Wildman–Crippen MR) is 95.7 cm³/mol. The molecule has 4 rings (SSSR count). The van der Waals surface area contributed by atoms with Crippen molar-refractivity contribution in [3.8, 4) is 11.1 Å². The third-order valence-electron chi connectivity index (χ3n) is 4.68. The first kappa shape index (κ1) is 14.0. The van der Waals surface area contributed by atoms with Gasteiger partial charge in [0.2, 0.25) is 5.91 Å². The number of benzene rings is 3. The summed E-state index contributed by atoms with van der Waals surface area (Å²) in [5, 5.41) is 2.49. The van der Waals surface area contributed by atoms with Crippen molar-refractivity contribution >= 4 is 22.4 Å². The van der Waals surface area contributed by atoms with Crippen molar-refractivity contribution in [1.82, 2.24) is 0 Å². The molecule has 1 aliphatic heterocycles. The Labute approximate surface area is 136 Å². The minimum absolute atomic E-state index is 0.232. The van der Waals surface area contributed by atoms with Crippen molar-refractivity contribution < 1.29 is 4.79 Å². The van der Waals surface area contributed by atoms with Gasteiger partial charge >= 0.3 is 0 Å². The Kier molecular flexibility index (Phi) is 3.38. The van der Waals surface area contributed by atoms with E-state index in [1.165, 1.54) is 27.5 Å². The van der Waals surface area contributed by atoms with Gasteiger partial charge in [-0.15, -0.1) is 0 Å². The minimum atomic E-state index is 0.232. The molecule has 0 unspecified atom stereocenters. The first-order chi connectivity index (χ1) is 11.3. The van der Waals surface area contributed by atoms with Crippen LogP contribution in [0.5, 0.6) is 0 Å². The lowest BCUT2D eigenvalue weighted by atomic mass is 9.95. The fourth-order valence-electron chi connectivity index (χ4n) is 3.43. The molecule has 2 heteroatoms. The maximum atomic E-state index is 12.1. The van der Waals surface area contributed by atoms with E-state index < -0.39 is 0 Å². The maximum Gasteiger partial charge on any atom is 0.227 e. The predicted octanol–water partition coefficient (Wildman–Crippen LogP) is 4.81. The molecule has 3 aromatic rings. The monoisotopic (exact) mass is 301 g/mol. The van der Waals surface area contributed by atoms with Crippen LogP contribution in [0, 0.1) is 0 Å². The van der Waals surface area contributed by atoms with Crippen molar-refractivity contribution in [2.45, 2.75) is 19.8 Å². The van der Waals surface area contributed by atoms with Gasteiger partial charge in [-0.25, -0.2) is 0 Å². The van der Waals surface area contributed by atoms with Crippen LogP contribution in [0.1, 0.15) is 18.9 Å². The standard InChI is InChI=1S/C21H19NO/c1-2-22-20-14-19(10-8-16(20)11-12-21(22)23)18-9-7-15-5-3-4-6-17(15)13-18/h3-10,13-14H,2,11-12H2,1H3. The number of hydrogen-bond acceptors (Lipinski definition) is 1. The number of carbonyl (C=O) groups is 1. The second kappa shape index (κ2) is 5.54. The van der Waals surface area contributed by atoms with Gasteiger partial charge in [-0.3, -0.25) is 4.79 Å². The van der Waals surface area contributed by atoms with Crippen molar-refractivity contribution in [3.63, 3.8) is 0 Å². The van der Waals surface area contributed by atoms with E-state index in [0.717, 1.165) is 18.7 Å². The molecule has 2 nitrogen and oxygen atoms in total. The number of fused-ring (bicyclic) bond motifs is 2. The topological polar surface area (TPSA) is 20.3 Å². The highest BCUT2D eigenvalue weighted by Crippen LogP contribution is 2.33. The van der Waals surface area contributed by atoms with E-state index in [2.05, 4.69) is 60.7 Å². The lowest BCUT2D eigenvalue weighted by Crippen LogP contribution is -2.34. The minimum Gasteiger partial charge on any atom is -0.312 e. The van der Waals surface area contributed by atoms with Gasteiger partial charge in [-0.05, 0) is 52.9 Å². The summed E-state index contributed by atoms with van der Waals surface area (Å²) in [5.41, 5.74) is 4.72. The van der Waals surface area contributed by atoms with E-state index in [4.69, 9.17) is 0 Å². The summed E-state index contributed by atoms with van der Waals surface area (Å²) in [7, 11) is 0. The normalized spacial score (nSPS) is 14.1. The van der Waals surface area contributed by atoms with Crippen molar-refractivity contribution in [2.24, 2.45) is 0 Å². The van der Waals surface area contributed by atoms with Gasteiger partial charge in [0.05, 0.1) is 0 Å². The van der Waals surface area contributed by atoms with Crippen LogP contribution in [0.2, 0.25) is 0 Å². The summed E-state index contributed by atoms with van der Waals surface area (Å²) in [6.07, 6.45) is 1.47. The summed E-state index contributed by atoms with van der Waals surface area (Å²) >= 11 is 0. The maximum absolute atomic E-state index is 12.1. The Morgan fingerprint density at radius 1 is 0.870 bits per heavy atom. The van der Waals surface area contributed by atoms with Gasteiger partial charge in [0, 0.05) is 18.7 Å². The Morgan fingerprint density at radius 2 is 1.61 bits per heavy atom. The number of carbonyl (C=O) groups excluding carboxylic acids is 1. The molecular formula is C21H19NO. The molecule has 0 radical (unpaired) electrons. The molecule has 23 heavy (non-hydrogen) atoms. The van der Waals surface area contributed by atoms with Crippen LogP contribution in [0.3, 0.4) is 0 Å². The molecule has 0 atom stereocenters. The lowest BCUT2D eigenvalue weighted by molar-refractivity contribution is -0.118. The van der Waals surface area contributed by atoms with Crippen molar-refractivity contribution in [1.29, 1.82) is 0 Å². The smallest absolute Gasteiger partial charge is 0.227 e. The third-order valence-corrected chi connectivity index (χ3v) is 4.68. The highest BCUT2D eigenvalue weighted by molar-refractivity contribution is 5.97. The summed E-state index contributed by atoms with van der Waals surface area (Å²) in [5.74, 6) is 0.232. The number of nitrogens with zero attached hydrogens (tertiary/aromatic N) is 1. The van der Waals surface area contributed by atoms with Crippen molar-refractivity contribution in [2.75, 3.05) is 11.4 Å². The molecule has 1 amide bonds. The van der Waals surface area contributed by atoms with Gasteiger partial charge in [-0.2, -0.15) is 0 Å². The SMILES string of the molecule is CCN1C(=O)CCc2ccc(-c3ccc4ccccc4c3)cc21. The third kappa shape index (κ3) is 2.40. The molecule has 1 heterocycles.